The van der Waals surface area contributed by atoms with Crippen LogP contribution < -0.4 is 10.4 Å². The second kappa shape index (κ2) is 6.07. The number of aliphatic carboxylic acids is 1. The average Bonchev–Trinajstić information content (AvgIpc) is 2.52. The standard InChI is InChI=1S/C18H20O5/c1-10(2)16(17(19)20)22-11-7-8-13-12-5-3-4-6-14(12)18(21)23-15(13)9-11/h7-10,16H,3-6H2,1-2H3,(H,19,20). The van der Waals surface area contributed by atoms with E-state index in [9.17, 15) is 14.7 Å². The fraction of sp³-hybridized carbons (Fsp3) is 0.444. The number of ether oxygens (including phenoxy) is 1. The number of carboxylic acid groups (broad SMARTS) is 1. The highest BCUT2D eigenvalue weighted by Crippen LogP contribution is 2.29. The SMILES string of the molecule is CC(C)C(Oc1ccc2c3c(c(=O)oc2c1)CCCC3)C(=O)O. The Balaban J connectivity index is 2.03. The van der Waals surface area contributed by atoms with Crippen LogP contribution in [-0.4, -0.2) is 17.2 Å². The van der Waals surface area contributed by atoms with E-state index in [0.717, 1.165) is 42.2 Å². The zero-order valence-electron chi connectivity index (χ0n) is 13.3. The molecule has 1 heterocycles. The zero-order chi connectivity index (χ0) is 16.6. The fourth-order valence-electron chi connectivity index (χ4n) is 3.12. The topological polar surface area (TPSA) is 76.7 Å². The van der Waals surface area contributed by atoms with Crippen molar-refractivity contribution in [1.29, 1.82) is 0 Å². The van der Waals surface area contributed by atoms with Gasteiger partial charge in [-0.3, -0.25) is 0 Å². The van der Waals surface area contributed by atoms with Gasteiger partial charge in [-0.25, -0.2) is 9.59 Å². The number of hydrogen-bond acceptors (Lipinski definition) is 4. The highest BCUT2D eigenvalue weighted by atomic mass is 16.5. The summed E-state index contributed by atoms with van der Waals surface area (Å²) in [6.45, 7) is 3.58. The van der Waals surface area contributed by atoms with Gasteiger partial charge in [-0.2, -0.15) is 0 Å². The van der Waals surface area contributed by atoms with Crippen molar-refractivity contribution in [2.45, 2.75) is 45.6 Å². The van der Waals surface area contributed by atoms with Gasteiger partial charge in [0.15, 0.2) is 6.10 Å². The van der Waals surface area contributed by atoms with E-state index in [2.05, 4.69) is 0 Å². The molecule has 122 valence electrons. The van der Waals surface area contributed by atoms with Crippen molar-refractivity contribution in [3.8, 4) is 5.75 Å². The summed E-state index contributed by atoms with van der Waals surface area (Å²) in [5, 5.41) is 10.1. The number of rotatable bonds is 4. The van der Waals surface area contributed by atoms with Crippen molar-refractivity contribution in [3.63, 3.8) is 0 Å². The third kappa shape index (κ3) is 2.96. The number of carbonyl (C=O) groups is 1. The Labute approximate surface area is 133 Å². The first-order valence-electron chi connectivity index (χ1n) is 7.95. The lowest BCUT2D eigenvalue weighted by molar-refractivity contribution is -0.147. The second-order valence-corrected chi connectivity index (χ2v) is 6.33. The lowest BCUT2D eigenvalue weighted by atomic mass is 9.91. The number of benzene rings is 1. The summed E-state index contributed by atoms with van der Waals surface area (Å²) in [5.41, 5.74) is 2.01. The zero-order valence-corrected chi connectivity index (χ0v) is 13.3. The van der Waals surface area contributed by atoms with E-state index in [-0.39, 0.29) is 11.5 Å². The minimum Gasteiger partial charge on any atom is -0.478 e. The Morgan fingerprint density at radius 3 is 2.57 bits per heavy atom. The molecule has 0 radical (unpaired) electrons. The van der Waals surface area contributed by atoms with Gasteiger partial charge in [0.1, 0.15) is 11.3 Å². The Morgan fingerprint density at radius 2 is 1.91 bits per heavy atom. The average molecular weight is 316 g/mol. The highest BCUT2D eigenvalue weighted by Gasteiger charge is 2.24. The number of carboxylic acids is 1. The van der Waals surface area contributed by atoms with Gasteiger partial charge in [0.2, 0.25) is 0 Å². The van der Waals surface area contributed by atoms with Crippen molar-refractivity contribution in [1.82, 2.24) is 0 Å². The van der Waals surface area contributed by atoms with Crippen molar-refractivity contribution in [3.05, 3.63) is 39.7 Å². The molecule has 0 aliphatic heterocycles. The summed E-state index contributed by atoms with van der Waals surface area (Å²) in [5.74, 6) is -0.775. The summed E-state index contributed by atoms with van der Waals surface area (Å²) in [6.07, 6.45) is 2.79. The minimum atomic E-state index is -1.01. The van der Waals surface area contributed by atoms with Crippen LogP contribution in [0.5, 0.6) is 5.75 Å². The molecule has 1 atom stereocenters. The second-order valence-electron chi connectivity index (χ2n) is 6.33. The van der Waals surface area contributed by atoms with Gasteiger partial charge in [0.25, 0.3) is 0 Å². The van der Waals surface area contributed by atoms with E-state index in [1.165, 1.54) is 0 Å². The summed E-state index contributed by atoms with van der Waals surface area (Å²) in [7, 11) is 0. The first-order valence-corrected chi connectivity index (χ1v) is 7.95. The Hall–Kier alpha value is -2.30. The molecule has 1 aliphatic rings. The molecule has 23 heavy (non-hydrogen) atoms. The van der Waals surface area contributed by atoms with Crippen LogP contribution in [0.3, 0.4) is 0 Å². The lowest BCUT2D eigenvalue weighted by Crippen LogP contribution is -2.32. The van der Waals surface area contributed by atoms with Gasteiger partial charge in [-0.1, -0.05) is 13.8 Å². The number of fused-ring (bicyclic) bond motifs is 3. The van der Waals surface area contributed by atoms with Crippen molar-refractivity contribution in [2.75, 3.05) is 0 Å². The van der Waals surface area contributed by atoms with Crippen LogP contribution in [0.1, 0.15) is 37.8 Å². The van der Waals surface area contributed by atoms with Crippen LogP contribution in [0.15, 0.2) is 27.4 Å². The molecule has 5 nitrogen and oxygen atoms in total. The molecule has 3 rings (SSSR count). The van der Waals surface area contributed by atoms with Gasteiger partial charge in [-0.05, 0) is 43.4 Å². The van der Waals surface area contributed by atoms with Crippen LogP contribution in [-0.2, 0) is 17.6 Å². The molecule has 0 saturated carbocycles. The van der Waals surface area contributed by atoms with Gasteiger partial charge < -0.3 is 14.3 Å². The van der Waals surface area contributed by atoms with Crippen LogP contribution >= 0.6 is 0 Å². The molecule has 0 amide bonds. The summed E-state index contributed by atoms with van der Waals surface area (Å²) < 4.78 is 11.0. The molecule has 0 fully saturated rings. The molecule has 1 N–H and O–H groups in total. The monoisotopic (exact) mass is 316 g/mol. The summed E-state index contributed by atoms with van der Waals surface area (Å²) >= 11 is 0. The maximum atomic E-state index is 12.1. The minimum absolute atomic E-state index is 0.168. The third-order valence-corrected chi connectivity index (χ3v) is 4.31. The van der Waals surface area contributed by atoms with E-state index in [0.29, 0.717) is 11.3 Å². The summed E-state index contributed by atoms with van der Waals surface area (Å²) in [6, 6.07) is 5.22. The molecule has 1 aliphatic carbocycles. The van der Waals surface area contributed by atoms with E-state index in [4.69, 9.17) is 9.15 Å². The normalized spacial score (nSPS) is 15.4. The van der Waals surface area contributed by atoms with E-state index in [1.807, 2.05) is 6.07 Å². The Kier molecular flexibility index (Phi) is 4.11. The fourth-order valence-corrected chi connectivity index (χ4v) is 3.12. The molecule has 1 aromatic carbocycles. The van der Waals surface area contributed by atoms with Crippen LogP contribution in [0, 0.1) is 5.92 Å². The quantitative estimate of drug-likeness (QED) is 0.877. The summed E-state index contributed by atoms with van der Waals surface area (Å²) in [4.78, 5) is 23.4. The lowest BCUT2D eigenvalue weighted by Gasteiger charge is -2.19. The predicted octanol–water partition coefficient (Wildman–Crippen LogP) is 3.16. The number of hydrogen-bond donors (Lipinski definition) is 1. The van der Waals surface area contributed by atoms with E-state index >= 15 is 0 Å². The molecule has 1 aromatic heterocycles. The van der Waals surface area contributed by atoms with Gasteiger partial charge in [0.05, 0.1) is 0 Å². The molecule has 2 aromatic rings. The molecule has 1 unspecified atom stereocenters. The smallest absolute Gasteiger partial charge is 0.345 e. The largest absolute Gasteiger partial charge is 0.478 e. The van der Waals surface area contributed by atoms with Crippen molar-refractivity contribution in [2.24, 2.45) is 5.92 Å². The maximum absolute atomic E-state index is 12.1. The molecule has 0 spiro atoms. The Morgan fingerprint density at radius 1 is 1.22 bits per heavy atom. The molecule has 5 heteroatoms. The van der Waals surface area contributed by atoms with Gasteiger partial charge >= 0.3 is 11.6 Å². The van der Waals surface area contributed by atoms with Crippen LogP contribution in [0.25, 0.3) is 11.0 Å². The van der Waals surface area contributed by atoms with Crippen LogP contribution in [0.4, 0.5) is 0 Å². The van der Waals surface area contributed by atoms with Crippen LogP contribution in [0.2, 0.25) is 0 Å². The molecular formula is C18H20O5. The maximum Gasteiger partial charge on any atom is 0.345 e. The van der Waals surface area contributed by atoms with Gasteiger partial charge in [0, 0.05) is 22.9 Å². The van der Waals surface area contributed by atoms with E-state index in [1.54, 1.807) is 26.0 Å². The molecule has 0 bridgehead atoms. The van der Waals surface area contributed by atoms with E-state index < -0.39 is 12.1 Å². The van der Waals surface area contributed by atoms with Crippen molar-refractivity contribution >= 4 is 16.9 Å². The number of aryl methyl sites for hydroxylation is 1. The molecular weight excluding hydrogens is 296 g/mol. The molecule has 0 saturated heterocycles. The highest BCUT2D eigenvalue weighted by molar-refractivity contribution is 5.83. The van der Waals surface area contributed by atoms with Gasteiger partial charge in [-0.15, -0.1) is 0 Å². The predicted molar refractivity (Wildman–Crippen MR) is 86.0 cm³/mol. The Bertz CT molecular complexity index is 803. The third-order valence-electron chi connectivity index (χ3n) is 4.31. The first kappa shape index (κ1) is 15.6. The van der Waals surface area contributed by atoms with Crippen molar-refractivity contribution < 1.29 is 19.1 Å². The first-order chi connectivity index (χ1) is 11.0.